The first kappa shape index (κ1) is 15.8. The maximum absolute atomic E-state index is 11.8. The number of nitrogens with two attached hydrogens (primary N) is 1. The third-order valence-corrected chi connectivity index (χ3v) is 5.38. The molecule has 1 saturated carbocycles. The molecule has 3 atom stereocenters. The predicted octanol–water partition coefficient (Wildman–Crippen LogP) is 2.17. The number of esters is 1. The molecule has 0 aromatic rings. The number of ether oxygens (including phenoxy) is 1. The molecular formula is C16H30N2O2. The smallest absolute Gasteiger partial charge is 0.325 e. The molecule has 1 aliphatic carbocycles. The van der Waals surface area contributed by atoms with Gasteiger partial charge in [0.15, 0.2) is 0 Å². The quantitative estimate of drug-likeness (QED) is 0.806. The fraction of sp³-hybridized carbons (Fsp3) is 0.938. The van der Waals surface area contributed by atoms with Crippen molar-refractivity contribution in [2.45, 2.75) is 64.0 Å². The van der Waals surface area contributed by atoms with E-state index in [2.05, 4.69) is 18.7 Å². The average molecular weight is 282 g/mol. The van der Waals surface area contributed by atoms with E-state index in [1.165, 1.54) is 26.4 Å². The van der Waals surface area contributed by atoms with Gasteiger partial charge < -0.3 is 15.4 Å². The lowest BCUT2D eigenvalue weighted by molar-refractivity contribution is -0.147. The van der Waals surface area contributed by atoms with Gasteiger partial charge in [-0.15, -0.1) is 0 Å². The van der Waals surface area contributed by atoms with Crippen LogP contribution in [0.3, 0.4) is 0 Å². The minimum Gasteiger partial charge on any atom is -0.468 e. The van der Waals surface area contributed by atoms with Crippen molar-refractivity contribution in [1.29, 1.82) is 0 Å². The molecule has 4 nitrogen and oxygen atoms in total. The van der Waals surface area contributed by atoms with Gasteiger partial charge in [0.05, 0.1) is 7.11 Å². The Kier molecular flexibility index (Phi) is 5.08. The van der Waals surface area contributed by atoms with Gasteiger partial charge in [-0.3, -0.25) is 4.79 Å². The van der Waals surface area contributed by atoms with E-state index in [-0.39, 0.29) is 5.97 Å². The normalized spacial score (nSPS) is 36.0. The van der Waals surface area contributed by atoms with Crippen molar-refractivity contribution in [3.63, 3.8) is 0 Å². The Labute approximate surface area is 123 Å². The molecule has 2 rings (SSSR count). The molecular weight excluding hydrogens is 252 g/mol. The lowest BCUT2D eigenvalue weighted by atomic mass is 9.89. The monoisotopic (exact) mass is 282 g/mol. The van der Waals surface area contributed by atoms with E-state index >= 15 is 0 Å². The number of hydrogen-bond acceptors (Lipinski definition) is 4. The van der Waals surface area contributed by atoms with Crippen LogP contribution in [0.15, 0.2) is 0 Å². The first-order valence-corrected chi connectivity index (χ1v) is 8.07. The summed E-state index contributed by atoms with van der Waals surface area (Å²) in [5, 5.41) is 0. The highest BCUT2D eigenvalue weighted by Gasteiger charge is 2.44. The number of methoxy groups -OCH3 is 1. The van der Waals surface area contributed by atoms with E-state index in [0.29, 0.717) is 6.04 Å². The number of likely N-dealkylation sites (tertiary alicyclic amines) is 1. The van der Waals surface area contributed by atoms with Crippen LogP contribution < -0.4 is 5.73 Å². The summed E-state index contributed by atoms with van der Waals surface area (Å²) in [6, 6.07) is 0.463. The van der Waals surface area contributed by atoms with Gasteiger partial charge in [-0.25, -0.2) is 0 Å². The van der Waals surface area contributed by atoms with Crippen LogP contribution in [-0.4, -0.2) is 42.6 Å². The van der Waals surface area contributed by atoms with Crippen molar-refractivity contribution >= 4 is 5.97 Å². The van der Waals surface area contributed by atoms with Crippen LogP contribution in [0.5, 0.6) is 0 Å². The highest BCUT2D eigenvalue weighted by atomic mass is 16.5. The van der Waals surface area contributed by atoms with E-state index in [9.17, 15) is 4.79 Å². The van der Waals surface area contributed by atoms with Crippen molar-refractivity contribution in [3.05, 3.63) is 0 Å². The van der Waals surface area contributed by atoms with Crippen molar-refractivity contribution in [3.8, 4) is 0 Å². The average Bonchev–Trinajstić information content (AvgIpc) is 2.67. The van der Waals surface area contributed by atoms with Gasteiger partial charge >= 0.3 is 5.97 Å². The Bertz CT molecular complexity index is 345. The molecule has 116 valence electrons. The molecule has 20 heavy (non-hydrogen) atoms. The van der Waals surface area contributed by atoms with Crippen LogP contribution in [-0.2, 0) is 9.53 Å². The summed E-state index contributed by atoms with van der Waals surface area (Å²) in [7, 11) is 1.43. The summed E-state index contributed by atoms with van der Waals surface area (Å²) < 4.78 is 4.86. The number of carbonyl (C=O) groups is 1. The molecule has 0 aromatic carbocycles. The molecule has 1 heterocycles. The molecule has 2 fully saturated rings. The number of rotatable bonds is 3. The molecule has 0 radical (unpaired) electrons. The van der Waals surface area contributed by atoms with E-state index in [1.807, 2.05) is 0 Å². The molecule has 4 heteroatoms. The number of hydrogen-bond donors (Lipinski definition) is 1. The number of nitrogens with zero attached hydrogens (tertiary/aromatic N) is 1. The van der Waals surface area contributed by atoms with Gasteiger partial charge in [0, 0.05) is 6.04 Å². The lowest BCUT2D eigenvalue weighted by Crippen LogP contribution is -2.48. The summed E-state index contributed by atoms with van der Waals surface area (Å²) in [4.78, 5) is 14.4. The van der Waals surface area contributed by atoms with E-state index in [1.54, 1.807) is 0 Å². The van der Waals surface area contributed by atoms with Gasteiger partial charge in [-0.05, 0) is 63.5 Å². The first-order valence-electron chi connectivity index (χ1n) is 8.07. The third-order valence-electron chi connectivity index (χ3n) is 5.38. The first-order chi connectivity index (χ1) is 9.46. The maximum Gasteiger partial charge on any atom is 0.325 e. The molecule has 3 unspecified atom stereocenters. The Balaban J connectivity index is 1.92. The Morgan fingerprint density at radius 3 is 2.70 bits per heavy atom. The summed E-state index contributed by atoms with van der Waals surface area (Å²) in [5.74, 6) is 1.39. The van der Waals surface area contributed by atoms with Crippen molar-refractivity contribution in [2.75, 3.05) is 20.2 Å². The maximum atomic E-state index is 11.8. The van der Waals surface area contributed by atoms with Crippen LogP contribution in [0.1, 0.15) is 52.4 Å². The second-order valence-electron chi connectivity index (χ2n) is 7.02. The third kappa shape index (κ3) is 3.34. The number of carbonyl (C=O) groups excluding carboxylic acids is 1. The largest absolute Gasteiger partial charge is 0.468 e. The minimum absolute atomic E-state index is 0.241. The second-order valence-corrected chi connectivity index (χ2v) is 7.02. The van der Waals surface area contributed by atoms with Crippen molar-refractivity contribution < 1.29 is 9.53 Å². The zero-order valence-corrected chi connectivity index (χ0v) is 13.2. The molecule has 0 bridgehead atoms. The topological polar surface area (TPSA) is 55.6 Å². The highest BCUT2D eigenvalue weighted by Crippen LogP contribution is 2.34. The fourth-order valence-electron chi connectivity index (χ4n) is 3.93. The Morgan fingerprint density at radius 2 is 2.05 bits per heavy atom. The van der Waals surface area contributed by atoms with E-state index in [4.69, 9.17) is 10.5 Å². The molecule has 0 amide bonds. The minimum atomic E-state index is -0.747. The SMILES string of the molecule is COC(=O)C1(N)CCC(N2CCCC(C(C)C)CC2)C1. The zero-order chi connectivity index (χ0) is 14.8. The van der Waals surface area contributed by atoms with Gasteiger partial charge in [-0.1, -0.05) is 13.8 Å². The summed E-state index contributed by atoms with van der Waals surface area (Å²) in [5.41, 5.74) is 5.48. The molecule has 1 saturated heterocycles. The van der Waals surface area contributed by atoms with Crippen LogP contribution in [0, 0.1) is 11.8 Å². The molecule has 2 N–H and O–H groups in total. The van der Waals surface area contributed by atoms with Gasteiger partial charge in [-0.2, -0.15) is 0 Å². The van der Waals surface area contributed by atoms with E-state index < -0.39 is 5.54 Å². The summed E-state index contributed by atoms with van der Waals surface area (Å²) in [6.07, 6.45) is 6.43. The molecule has 1 aliphatic heterocycles. The molecule has 0 aromatic heterocycles. The Hall–Kier alpha value is -0.610. The fourth-order valence-corrected chi connectivity index (χ4v) is 3.93. The van der Waals surface area contributed by atoms with Gasteiger partial charge in [0.25, 0.3) is 0 Å². The summed E-state index contributed by atoms with van der Waals surface area (Å²) in [6.45, 7) is 6.98. The van der Waals surface area contributed by atoms with Gasteiger partial charge in [0.2, 0.25) is 0 Å². The summed E-state index contributed by atoms with van der Waals surface area (Å²) >= 11 is 0. The predicted molar refractivity (Wildman–Crippen MR) is 80.3 cm³/mol. The van der Waals surface area contributed by atoms with Crippen LogP contribution in [0.25, 0.3) is 0 Å². The van der Waals surface area contributed by atoms with Crippen LogP contribution >= 0.6 is 0 Å². The highest BCUT2D eigenvalue weighted by molar-refractivity contribution is 5.81. The molecule has 0 spiro atoms. The standard InChI is InChI=1S/C16H30N2O2/c1-12(2)13-5-4-9-18(10-7-13)14-6-8-16(17,11-14)15(19)20-3/h12-14H,4-11,17H2,1-3H3. The van der Waals surface area contributed by atoms with Crippen molar-refractivity contribution in [2.24, 2.45) is 17.6 Å². The zero-order valence-electron chi connectivity index (χ0n) is 13.2. The van der Waals surface area contributed by atoms with Gasteiger partial charge in [0.1, 0.15) is 5.54 Å². The van der Waals surface area contributed by atoms with Crippen LogP contribution in [0.2, 0.25) is 0 Å². The van der Waals surface area contributed by atoms with Crippen molar-refractivity contribution in [1.82, 2.24) is 4.90 Å². The lowest BCUT2D eigenvalue weighted by Gasteiger charge is -2.29. The van der Waals surface area contributed by atoms with E-state index in [0.717, 1.165) is 44.2 Å². The molecule has 2 aliphatic rings. The Morgan fingerprint density at radius 1 is 1.30 bits per heavy atom. The second kappa shape index (κ2) is 6.44. The van der Waals surface area contributed by atoms with Crippen LogP contribution in [0.4, 0.5) is 0 Å².